The van der Waals surface area contributed by atoms with Crippen LogP contribution < -0.4 is 0 Å². The van der Waals surface area contributed by atoms with E-state index in [-0.39, 0.29) is 0 Å². The largest absolute Gasteiger partial charge is 0.456 e. The second-order valence-electron chi connectivity index (χ2n) is 14.8. The van der Waals surface area contributed by atoms with Crippen LogP contribution in [0.2, 0.25) is 0 Å². The summed E-state index contributed by atoms with van der Waals surface area (Å²) < 4.78 is 8.64. The van der Waals surface area contributed by atoms with E-state index in [2.05, 4.69) is 193 Å². The van der Waals surface area contributed by atoms with Crippen molar-refractivity contribution in [1.29, 1.82) is 0 Å². The van der Waals surface area contributed by atoms with Crippen molar-refractivity contribution in [3.63, 3.8) is 0 Å². The van der Waals surface area contributed by atoms with Crippen molar-refractivity contribution in [3.05, 3.63) is 194 Å². The molecule has 0 atom stereocenters. The fourth-order valence-corrected chi connectivity index (χ4v) is 8.67. The van der Waals surface area contributed by atoms with E-state index in [0.29, 0.717) is 17.6 Å². The third-order valence-corrected chi connectivity index (χ3v) is 11.4. The van der Waals surface area contributed by atoms with Crippen LogP contribution in [-0.2, 0) is 0 Å². The molecular weight excluding hydrogens is 709 g/mol. The molecule has 0 radical (unpaired) electrons. The summed E-state index contributed by atoms with van der Waals surface area (Å²) in [7, 11) is 0. The van der Waals surface area contributed by atoms with Crippen molar-refractivity contribution >= 4 is 65.3 Å². The van der Waals surface area contributed by atoms with Crippen LogP contribution in [-0.4, -0.2) is 19.5 Å². The standard InChI is InChI=1S/C53H32N4O/c1-2-11-33(12-3-1)35-21-24-37(25-22-35)51-54-52(40-26-23-34-13-4-5-15-38(34)31-40)56-53(55-51)57-46-20-9-8-17-43(46)44-19-10-18-42(50(44)57)39-28-29-47-45(32-39)49-41-16-7-6-14-36(41)27-30-48(49)58-47/h1-32H. The van der Waals surface area contributed by atoms with E-state index in [1.165, 1.54) is 16.2 Å². The summed E-state index contributed by atoms with van der Waals surface area (Å²) in [6.07, 6.45) is 0. The molecule has 5 heteroatoms. The van der Waals surface area contributed by atoms with Gasteiger partial charge in [0.05, 0.1) is 11.0 Å². The van der Waals surface area contributed by atoms with Crippen LogP contribution in [0, 0.1) is 0 Å². The molecule has 5 nitrogen and oxygen atoms in total. The zero-order chi connectivity index (χ0) is 38.2. The third kappa shape index (κ3) is 5.14. The van der Waals surface area contributed by atoms with E-state index in [4.69, 9.17) is 19.4 Å². The number of hydrogen-bond acceptors (Lipinski definition) is 4. The van der Waals surface area contributed by atoms with Gasteiger partial charge in [-0.1, -0.05) is 164 Å². The third-order valence-electron chi connectivity index (χ3n) is 11.4. The van der Waals surface area contributed by atoms with Gasteiger partial charge in [-0.05, 0) is 68.6 Å². The maximum absolute atomic E-state index is 6.42. The smallest absolute Gasteiger partial charge is 0.238 e. The Labute approximate surface area is 333 Å². The molecule has 0 aliphatic heterocycles. The first kappa shape index (κ1) is 32.4. The minimum absolute atomic E-state index is 0.555. The normalized spacial score (nSPS) is 11.8. The molecule has 0 aliphatic rings. The van der Waals surface area contributed by atoms with Gasteiger partial charge in [0.2, 0.25) is 5.95 Å². The van der Waals surface area contributed by atoms with Gasteiger partial charge in [0, 0.05) is 38.2 Å². The Morgan fingerprint density at radius 3 is 1.84 bits per heavy atom. The first-order valence-corrected chi connectivity index (χ1v) is 19.5. The van der Waals surface area contributed by atoms with E-state index in [0.717, 1.165) is 82.5 Å². The lowest BCUT2D eigenvalue weighted by molar-refractivity contribution is 0.669. The lowest BCUT2D eigenvalue weighted by Gasteiger charge is -2.13. The average Bonchev–Trinajstić information content (AvgIpc) is 3.85. The number of aromatic nitrogens is 4. The van der Waals surface area contributed by atoms with Gasteiger partial charge in [0.15, 0.2) is 11.6 Å². The van der Waals surface area contributed by atoms with Gasteiger partial charge in [-0.15, -0.1) is 0 Å². The van der Waals surface area contributed by atoms with E-state index in [1.807, 2.05) is 6.07 Å². The van der Waals surface area contributed by atoms with Crippen molar-refractivity contribution in [2.45, 2.75) is 0 Å². The van der Waals surface area contributed by atoms with Crippen molar-refractivity contribution in [2.75, 3.05) is 0 Å². The second-order valence-corrected chi connectivity index (χ2v) is 14.8. The molecule has 9 aromatic carbocycles. The number of para-hydroxylation sites is 2. The molecule has 12 aromatic rings. The van der Waals surface area contributed by atoms with Gasteiger partial charge in [-0.25, -0.2) is 4.98 Å². The molecule has 0 saturated carbocycles. The van der Waals surface area contributed by atoms with E-state index in [1.54, 1.807) is 0 Å². The van der Waals surface area contributed by atoms with E-state index < -0.39 is 0 Å². The Balaban J connectivity index is 1.11. The van der Waals surface area contributed by atoms with Crippen LogP contribution in [0.3, 0.4) is 0 Å². The minimum Gasteiger partial charge on any atom is -0.456 e. The SMILES string of the molecule is c1ccc(-c2ccc(-c3nc(-c4ccc5ccccc5c4)nc(-n4c5ccccc5c5cccc(-c6ccc7oc8ccc9ccccc9c8c7c6)c54)n3)cc2)cc1. The maximum Gasteiger partial charge on any atom is 0.238 e. The first-order valence-electron chi connectivity index (χ1n) is 19.5. The molecule has 0 fully saturated rings. The van der Waals surface area contributed by atoms with Gasteiger partial charge in [-0.3, -0.25) is 4.57 Å². The second kappa shape index (κ2) is 12.8. The number of benzene rings is 9. The zero-order valence-corrected chi connectivity index (χ0v) is 31.2. The molecule has 58 heavy (non-hydrogen) atoms. The van der Waals surface area contributed by atoms with Gasteiger partial charge < -0.3 is 4.42 Å². The molecule has 3 aromatic heterocycles. The molecule has 3 heterocycles. The Morgan fingerprint density at radius 2 is 0.983 bits per heavy atom. The molecule has 0 spiro atoms. The number of furan rings is 1. The van der Waals surface area contributed by atoms with Gasteiger partial charge >= 0.3 is 0 Å². The molecular formula is C53H32N4O. The lowest BCUT2D eigenvalue weighted by Crippen LogP contribution is -2.07. The number of rotatable bonds is 5. The highest BCUT2D eigenvalue weighted by Crippen LogP contribution is 2.41. The fraction of sp³-hybridized carbons (Fsp3) is 0. The molecule has 12 rings (SSSR count). The highest BCUT2D eigenvalue weighted by atomic mass is 16.3. The summed E-state index contributed by atoms with van der Waals surface area (Å²) in [6, 6.07) is 68.1. The molecule has 0 bridgehead atoms. The van der Waals surface area contributed by atoms with Crippen molar-refractivity contribution in [2.24, 2.45) is 0 Å². The zero-order valence-electron chi connectivity index (χ0n) is 31.2. The predicted octanol–water partition coefficient (Wildman–Crippen LogP) is 13.8. The molecule has 0 N–H and O–H groups in total. The fourth-order valence-electron chi connectivity index (χ4n) is 8.67. The Kier molecular flexibility index (Phi) is 7.16. The van der Waals surface area contributed by atoms with E-state index >= 15 is 0 Å². The topological polar surface area (TPSA) is 56.7 Å². The first-order chi connectivity index (χ1) is 28.7. The van der Waals surface area contributed by atoms with E-state index in [9.17, 15) is 0 Å². The summed E-state index contributed by atoms with van der Waals surface area (Å²) in [5, 5.41) is 9.13. The van der Waals surface area contributed by atoms with Gasteiger partial charge in [-0.2, -0.15) is 9.97 Å². The summed E-state index contributed by atoms with van der Waals surface area (Å²) in [5.74, 6) is 1.77. The summed E-state index contributed by atoms with van der Waals surface area (Å²) in [4.78, 5) is 15.8. The molecule has 0 saturated heterocycles. The molecule has 0 unspecified atom stereocenters. The molecule has 0 amide bonds. The Morgan fingerprint density at radius 1 is 0.362 bits per heavy atom. The van der Waals surface area contributed by atoms with Crippen LogP contribution in [0.5, 0.6) is 0 Å². The van der Waals surface area contributed by atoms with Crippen molar-refractivity contribution in [3.8, 4) is 51.0 Å². The van der Waals surface area contributed by atoms with Crippen LogP contribution in [0.1, 0.15) is 0 Å². The average molecular weight is 741 g/mol. The number of nitrogens with zero attached hydrogens (tertiary/aromatic N) is 4. The highest BCUT2D eigenvalue weighted by Gasteiger charge is 2.21. The van der Waals surface area contributed by atoms with Crippen molar-refractivity contribution in [1.82, 2.24) is 19.5 Å². The number of hydrogen-bond donors (Lipinski definition) is 0. The lowest BCUT2D eigenvalue weighted by atomic mass is 9.98. The monoisotopic (exact) mass is 740 g/mol. The van der Waals surface area contributed by atoms with Crippen LogP contribution in [0.25, 0.3) is 116 Å². The summed E-state index contributed by atoms with van der Waals surface area (Å²) >= 11 is 0. The Bertz CT molecular complexity index is 3560. The quantitative estimate of drug-likeness (QED) is 0.176. The predicted molar refractivity (Wildman–Crippen MR) is 238 cm³/mol. The van der Waals surface area contributed by atoms with Crippen molar-refractivity contribution < 1.29 is 4.42 Å². The van der Waals surface area contributed by atoms with Crippen LogP contribution in [0.15, 0.2) is 199 Å². The maximum atomic E-state index is 6.42. The molecule has 0 aliphatic carbocycles. The number of fused-ring (bicyclic) bond motifs is 9. The minimum atomic E-state index is 0.555. The van der Waals surface area contributed by atoms with Crippen LogP contribution in [0.4, 0.5) is 0 Å². The summed E-state index contributed by atoms with van der Waals surface area (Å²) in [5.41, 5.74) is 10.1. The summed E-state index contributed by atoms with van der Waals surface area (Å²) in [6.45, 7) is 0. The molecule has 270 valence electrons. The highest BCUT2D eigenvalue weighted by molar-refractivity contribution is 6.20. The van der Waals surface area contributed by atoms with Gasteiger partial charge in [0.1, 0.15) is 11.2 Å². The van der Waals surface area contributed by atoms with Gasteiger partial charge in [0.25, 0.3) is 0 Å². The van der Waals surface area contributed by atoms with Crippen LogP contribution >= 0.6 is 0 Å². The Hall–Kier alpha value is -7.89.